The highest BCUT2D eigenvalue weighted by atomic mass is 16.5. The third kappa shape index (κ3) is 3.27. The second-order valence-electron chi connectivity index (χ2n) is 6.14. The molecule has 0 aliphatic carbocycles. The molecule has 3 rings (SSSR count). The highest BCUT2D eigenvalue weighted by molar-refractivity contribution is 5.96. The number of methoxy groups -OCH3 is 1. The number of para-hydroxylation sites is 1. The Morgan fingerprint density at radius 1 is 1.24 bits per heavy atom. The van der Waals surface area contributed by atoms with E-state index in [1.807, 2.05) is 18.2 Å². The van der Waals surface area contributed by atoms with Gasteiger partial charge in [0.2, 0.25) is 5.91 Å². The number of likely N-dealkylation sites (tertiary alicyclic amines) is 1. The van der Waals surface area contributed by atoms with Crippen LogP contribution in [0.2, 0.25) is 0 Å². The summed E-state index contributed by atoms with van der Waals surface area (Å²) < 4.78 is 5.25. The third-order valence-corrected chi connectivity index (χ3v) is 4.76. The minimum Gasteiger partial charge on any atom is -0.384 e. The van der Waals surface area contributed by atoms with Crippen LogP contribution in [0.25, 0.3) is 0 Å². The maximum absolute atomic E-state index is 12.5. The standard InChI is InChI=1S/C17H24N2O2/c1-21-12-13-8-10-19(11-9-13)16-7-6-14-4-2-3-5-15(14)18-17(16)20/h2-5,13,16H,6-12H2,1H3,(H,18,20). The number of benzene rings is 1. The molecule has 1 amide bonds. The first-order valence-electron chi connectivity index (χ1n) is 7.89. The number of anilines is 1. The summed E-state index contributed by atoms with van der Waals surface area (Å²) in [4.78, 5) is 14.9. The van der Waals surface area contributed by atoms with Crippen LogP contribution in [-0.2, 0) is 16.0 Å². The van der Waals surface area contributed by atoms with Crippen LogP contribution in [-0.4, -0.2) is 43.7 Å². The van der Waals surface area contributed by atoms with Gasteiger partial charge in [-0.15, -0.1) is 0 Å². The van der Waals surface area contributed by atoms with Gasteiger partial charge in [-0.3, -0.25) is 9.69 Å². The molecular weight excluding hydrogens is 264 g/mol. The van der Waals surface area contributed by atoms with Crippen LogP contribution in [0.4, 0.5) is 5.69 Å². The fourth-order valence-corrected chi connectivity index (χ4v) is 3.51. The number of carbonyl (C=O) groups excluding carboxylic acids is 1. The summed E-state index contributed by atoms with van der Waals surface area (Å²) in [5, 5.41) is 3.10. The van der Waals surface area contributed by atoms with Gasteiger partial charge in [-0.2, -0.15) is 0 Å². The summed E-state index contributed by atoms with van der Waals surface area (Å²) >= 11 is 0. The van der Waals surface area contributed by atoms with Gasteiger partial charge < -0.3 is 10.1 Å². The number of piperidine rings is 1. The van der Waals surface area contributed by atoms with Crippen molar-refractivity contribution in [1.29, 1.82) is 0 Å². The Bertz CT molecular complexity index is 495. The summed E-state index contributed by atoms with van der Waals surface area (Å²) in [7, 11) is 1.77. The highest BCUT2D eigenvalue weighted by Gasteiger charge is 2.31. The molecule has 0 bridgehead atoms. The van der Waals surface area contributed by atoms with E-state index in [1.54, 1.807) is 7.11 Å². The van der Waals surface area contributed by atoms with Crippen molar-refractivity contribution in [3.05, 3.63) is 29.8 Å². The van der Waals surface area contributed by atoms with E-state index in [0.29, 0.717) is 5.92 Å². The fraction of sp³-hybridized carbons (Fsp3) is 0.588. The van der Waals surface area contributed by atoms with Crippen molar-refractivity contribution in [1.82, 2.24) is 4.90 Å². The first-order valence-corrected chi connectivity index (χ1v) is 7.89. The quantitative estimate of drug-likeness (QED) is 0.928. The molecule has 2 heterocycles. The minimum atomic E-state index is 0.0147. The normalized spacial score (nSPS) is 24.2. The first-order chi connectivity index (χ1) is 10.3. The van der Waals surface area contributed by atoms with E-state index < -0.39 is 0 Å². The molecular formula is C17H24N2O2. The lowest BCUT2D eigenvalue weighted by Crippen LogP contribution is -2.47. The average molecular weight is 288 g/mol. The van der Waals surface area contributed by atoms with E-state index in [2.05, 4.69) is 16.3 Å². The van der Waals surface area contributed by atoms with Gasteiger partial charge in [0, 0.05) is 19.4 Å². The first kappa shape index (κ1) is 14.5. The van der Waals surface area contributed by atoms with Crippen molar-refractivity contribution >= 4 is 11.6 Å². The molecule has 1 atom stereocenters. The van der Waals surface area contributed by atoms with Crippen molar-refractivity contribution in [2.75, 3.05) is 32.1 Å². The smallest absolute Gasteiger partial charge is 0.241 e. The number of ether oxygens (including phenoxy) is 1. The van der Waals surface area contributed by atoms with Gasteiger partial charge in [0.25, 0.3) is 0 Å². The van der Waals surface area contributed by atoms with Crippen LogP contribution in [0, 0.1) is 5.92 Å². The lowest BCUT2D eigenvalue weighted by Gasteiger charge is -2.36. The molecule has 2 aliphatic heterocycles. The Hall–Kier alpha value is -1.39. The van der Waals surface area contributed by atoms with Crippen LogP contribution >= 0.6 is 0 Å². The number of rotatable bonds is 3. The maximum atomic E-state index is 12.5. The highest BCUT2D eigenvalue weighted by Crippen LogP contribution is 2.26. The summed E-state index contributed by atoms with van der Waals surface area (Å²) in [5.74, 6) is 0.808. The second-order valence-corrected chi connectivity index (χ2v) is 6.14. The average Bonchev–Trinajstić information content (AvgIpc) is 2.67. The zero-order valence-electron chi connectivity index (χ0n) is 12.7. The largest absolute Gasteiger partial charge is 0.384 e. The van der Waals surface area contributed by atoms with Gasteiger partial charge in [0.05, 0.1) is 6.04 Å². The van der Waals surface area contributed by atoms with E-state index in [4.69, 9.17) is 4.74 Å². The van der Waals surface area contributed by atoms with Crippen molar-refractivity contribution in [3.63, 3.8) is 0 Å². The Kier molecular flexibility index (Phi) is 4.56. The molecule has 1 N–H and O–H groups in total. The zero-order chi connectivity index (χ0) is 14.7. The Labute approximate surface area is 126 Å². The zero-order valence-corrected chi connectivity index (χ0v) is 12.7. The Morgan fingerprint density at radius 2 is 2.00 bits per heavy atom. The molecule has 2 aliphatic rings. The van der Waals surface area contributed by atoms with Crippen molar-refractivity contribution < 1.29 is 9.53 Å². The third-order valence-electron chi connectivity index (χ3n) is 4.76. The molecule has 1 unspecified atom stereocenters. The van der Waals surface area contributed by atoms with Gasteiger partial charge in [-0.25, -0.2) is 0 Å². The number of hydrogen-bond acceptors (Lipinski definition) is 3. The van der Waals surface area contributed by atoms with Crippen LogP contribution in [0.3, 0.4) is 0 Å². The molecule has 0 radical (unpaired) electrons. The monoisotopic (exact) mass is 288 g/mol. The number of hydrogen-bond donors (Lipinski definition) is 1. The van der Waals surface area contributed by atoms with Crippen molar-refractivity contribution in [3.8, 4) is 0 Å². The maximum Gasteiger partial charge on any atom is 0.241 e. The second kappa shape index (κ2) is 6.58. The van der Waals surface area contributed by atoms with Crippen LogP contribution < -0.4 is 5.32 Å². The molecule has 21 heavy (non-hydrogen) atoms. The van der Waals surface area contributed by atoms with Crippen LogP contribution in [0.15, 0.2) is 24.3 Å². The molecule has 4 nitrogen and oxygen atoms in total. The fourth-order valence-electron chi connectivity index (χ4n) is 3.51. The summed E-state index contributed by atoms with van der Waals surface area (Å²) in [6.07, 6.45) is 4.14. The van der Waals surface area contributed by atoms with E-state index in [9.17, 15) is 4.79 Å². The van der Waals surface area contributed by atoms with Crippen molar-refractivity contribution in [2.24, 2.45) is 5.92 Å². The molecule has 1 fully saturated rings. The lowest BCUT2D eigenvalue weighted by molar-refractivity contribution is -0.122. The van der Waals surface area contributed by atoms with Crippen LogP contribution in [0.5, 0.6) is 0 Å². The summed E-state index contributed by atoms with van der Waals surface area (Å²) in [5.41, 5.74) is 2.24. The van der Waals surface area contributed by atoms with Crippen LogP contribution in [0.1, 0.15) is 24.8 Å². The number of carbonyl (C=O) groups is 1. The molecule has 1 aromatic carbocycles. The van der Waals surface area contributed by atoms with Gasteiger partial charge >= 0.3 is 0 Å². The summed E-state index contributed by atoms with van der Waals surface area (Å²) in [6.45, 7) is 2.85. The van der Waals surface area contributed by atoms with Crippen molar-refractivity contribution in [2.45, 2.75) is 31.7 Å². The number of nitrogens with one attached hydrogen (secondary N) is 1. The molecule has 0 saturated carbocycles. The van der Waals surface area contributed by atoms with E-state index in [-0.39, 0.29) is 11.9 Å². The molecule has 0 aromatic heterocycles. The number of amides is 1. The molecule has 0 spiro atoms. The lowest BCUT2D eigenvalue weighted by atomic mass is 9.95. The number of aryl methyl sites for hydroxylation is 1. The van der Waals surface area contributed by atoms with E-state index >= 15 is 0 Å². The topological polar surface area (TPSA) is 41.6 Å². The van der Waals surface area contributed by atoms with Gasteiger partial charge in [-0.1, -0.05) is 18.2 Å². The Balaban J connectivity index is 1.64. The molecule has 4 heteroatoms. The number of nitrogens with zero attached hydrogens (tertiary/aromatic N) is 1. The molecule has 1 aromatic rings. The molecule has 114 valence electrons. The van der Waals surface area contributed by atoms with E-state index in [0.717, 1.165) is 51.1 Å². The SMILES string of the molecule is COCC1CCN(C2CCc3ccccc3NC2=O)CC1. The van der Waals surface area contributed by atoms with Gasteiger partial charge in [0.1, 0.15) is 0 Å². The predicted octanol–water partition coefficient (Wildman–Crippen LogP) is 2.30. The van der Waals surface area contributed by atoms with Gasteiger partial charge in [0.15, 0.2) is 0 Å². The summed E-state index contributed by atoms with van der Waals surface area (Å²) in [6, 6.07) is 8.15. The number of fused-ring (bicyclic) bond motifs is 1. The van der Waals surface area contributed by atoms with E-state index in [1.165, 1.54) is 5.56 Å². The molecule has 1 saturated heterocycles. The van der Waals surface area contributed by atoms with Gasteiger partial charge in [-0.05, 0) is 56.3 Å². The predicted molar refractivity (Wildman–Crippen MR) is 83.4 cm³/mol. The minimum absolute atomic E-state index is 0.0147. The Morgan fingerprint density at radius 3 is 2.76 bits per heavy atom.